The molecule has 1 saturated carbocycles. The molecule has 4 rings (SSSR count). The van der Waals surface area contributed by atoms with Crippen molar-refractivity contribution >= 4 is 17.8 Å². The molecule has 1 aromatic rings. The van der Waals surface area contributed by atoms with Crippen LogP contribution in [-0.4, -0.2) is 53.2 Å². The molecule has 140 valence electrons. The van der Waals surface area contributed by atoms with E-state index in [-0.39, 0.29) is 11.9 Å². The number of amides is 2. The molecule has 0 radical (unpaired) electrons. The number of pyridine rings is 1. The predicted molar refractivity (Wildman–Crippen MR) is 96.9 cm³/mol. The van der Waals surface area contributed by atoms with Gasteiger partial charge in [0.25, 0.3) is 0 Å². The number of carboxylic acids is 1. The Morgan fingerprint density at radius 1 is 1.27 bits per heavy atom. The molecule has 0 bridgehead atoms. The molecule has 26 heavy (non-hydrogen) atoms. The van der Waals surface area contributed by atoms with E-state index in [4.69, 9.17) is 0 Å². The molecule has 3 fully saturated rings. The van der Waals surface area contributed by atoms with E-state index < -0.39 is 11.4 Å². The molecule has 7 nitrogen and oxygen atoms in total. The third-order valence-electron chi connectivity index (χ3n) is 6.27. The Kier molecular flexibility index (Phi) is 4.46. The molecular weight excluding hydrogens is 332 g/mol. The van der Waals surface area contributed by atoms with Gasteiger partial charge in [0.2, 0.25) is 0 Å². The number of carbonyl (C=O) groups excluding carboxylic acids is 1. The molecule has 0 unspecified atom stereocenters. The van der Waals surface area contributed by atoms with Crippen molar-refractivity contribution in [2.45, 2.75) is 38.6 Å². The zero-order valence-electron chi connectivity index (χ0n) is 15.0. The minimum absolute atomic E-state index is 0.0900. The van der Waals surface area contributed by atoms with Crippen LogP contribution in [-0.2, 0) is 11.3 Å². The molecule has 2 N–H and O–H groups in total. The van der Waals surface area contributed by atoms with Crippen molar-refractivity contribution in [2.75, 3.05) is 31.1 Å². The summed E-state index contributed by atoms with van der Waals surface area (Å²) in [6.45, 7) is 3.40. The highest BCUT2D eigenvalue weighted by atomic mass is 16.4. The van der Waals surface area contributed by atoms with Crippen LogP contribution in [0.2, 0.25) is 0 Å². The highest BCUT2D eigenvalue weighted by Gasteiger charge is 2.55. The SMILES string of the molecule is O=C(NCc1ccc(N2CCCC2)nc1)N1C[C@@H]2CCC[C@@]2(C(=O)O)C1. The maximum atomic E-state index is 12.5. The summed E-state index contributed by atoms with van der Waals surface area (Å²) in [6.07, 6.45) is 6.77. The highest BCUT2D eigenvalue weighted by Crippen LogP contribution is 2.48. The van der Waals surface area contributed by atoms with E-state index in [0.29, 0.717) is 26.1 Å². The minimum atomic E-state index is -0.753. The first-order chi connectivity index (χ1) is 12.6. The number of hydrogen-bond donors (Lipinski definition) is 2. The van der Waals surface area contributed by atoms with Crippen molar-refractivity contribution in [1.82, 2.24) is 15.2 Å². The number of nitrogens with one attached hydrogen (secondary N) is 1. The van der Waals surface area contributed by atoms with E-state index in [1.807, 2.05) is 18.3 Å². The molecule has 7 heteroatoms. The Morgan fingerprint density at radius 2 is 2.08 bits per heavy atom. The van der Waals surface area contributed by atoms with Crippen LogP contribution in [0, 0.1) is 11.3 Å². The molecule has 1 aliphatic carbocycles. The molecule has 2 atom stereocenters. The van der Waals surface area contributed by atoms with Crippen LogP contribution >= 0.6 is 0 Å². The van der Waals surface area contributed by atoms with Gasteiger partial charge in [-0.3, -0.25) is 4.79 Å². The third kappa shape index (κ3) is 2.99. The highest BCUT2D eigenvalue weighted by molar-refractivity contribution is 5.80. The number of carbonyl (C=O) groups is 2. The van der Waals surface area contributed by atoms with Crippen LogP contribution in [0.25, 0.3) is 0 Å². The topological polar surface area (TPSA) is 85.8 Å². The van der Waals surface area contributed by atoms with Crippen molar-refractivity contribution in [3.05, 3.63) is 23.9 Å². The van der Waals surface area contributed by atoms with Crippen LogP contribution in [0.15, 0.2) is 18.3 Å². The van der Waals surface area contributed by atoms with Crippen LogP contribution in [0.3, 0.4) is 0 Å². The summed E-state index contributed by atoms with van der Waals surface area (Å²) in [5, 5.41) is 12.5. The van der Waals surface area contributed by atoms with Gasteiger partial charge in [0, 0.05) is 38.9 Å². The summed E-state index contributed by atoms with van der Waals surface area (Å²) in [6, 6.07) is 3.83. The predicted octanol–water partition coefficient (Wildman–Crippen LogP) is 2.08. The lowest BCUT2D eigenvalue weighted by Gasteiger charge is -2.23. The fourth-order valence-electron chi connectivity index (χ4n) is 4.74. The lowest BCUT2D eigenvalue weighted by Crippen LogP contribution is -2.41. The van der Waals surface area contributed by atoms with E-state index >= 15 is 0 Å². The number of aromatic nitrogens is 1. The van der Waals surface area contributed by atoms with Gasteiger partial charge in [-0.25, -0.2) is 9.78 Å². The number of nitrogens with zero attached hydrogens (tertiary/aromatic N) is 3. The first-order valence-electron chi connectivity index (χ1n) is 9.54. The number of rotatable bonds is 4. The summed E-state index contributed by atoms with van der Waals surface area (Å²) in [5.74, 6) is 0.331. The monoisotopic (exact) mass is 358 g/mol. The number of aliphatic carboxylic acids is 1. The second-order valence-corrected chi connectivity index (χ2v) is 7.81. The van der Waals surface area contributed by atoms with Gasteiger partial charge in [-0.05, 0) is 43.2 Å². The standard InChI is InChI=1S/C19H26N4O3/c24-17(25)19-7-3-4-15(19)12-23(13-19)18(26)21-11-14-5-6-16(20-10-14)22-8-1-2-9-22/h5-6,10,15H,1-4,7-9,11-13H2,(H,21,26)(H,24,25)/t15-,19+/m0/s1. The molecule has 1 aromatic heterocycles. The van der Waals surface area contributed by atoms with Crippen molar-refractivity contribution in [3.8, 4) is 0 Å². The lowest BCUT2D eigenvalue weighted by atomic mass is 9.81. The molecule has 2 amide bonds. The van der Waals surface area contributed by atoms with Crippen LogP contribution < -0.4 is 10.2 Å². The van der Waals surface area contributed by atoms with Crippen LogP contribution in [0.4, 0.5) is 10.6 Å². The summed E-state index contributed by atoms with van der Waals surface area (Å²) in [5.41, 5.74) is 0.227. The molecule has 3 aliphatic rings. The van der Waals surface area contributed by atoms with Gasteiger partial charge in [-0.15, -0.1) is 0 Å². The van der Waals surface area contributed by atoms with Crippen molar-refractivity contribution in [3.63, 3.8) is 0 Å². The van der Waals surface area contributed by atoms with Gasteiger partial charge in [-0.1, -0.05) is 12.5 Å². The Balaban J connectivity index is 1.32. The Hall–Kier alpha value is -2.31. The van der Waals surface area contributed by atoms with Crippen LogP contribution in [0.5, 0.6) is 0 Å². The number of urea groups is 1. The van der Waals surface area contributed by atoms with Gasteiger partial charge >= 0.3 is 12.0 Å². The molecule has 0 aromatic carbocycles. The molecular formula is C19H26N4O3. The Labute approximate surface area is 153 Å². The van der Waals surface area contributed by atoms with E-state index in [1.54, 1.807) is 4.90 Å². The second kappa shape index (κ2) is 6.78. The Bertz CT molecular complexity index is 687. The normalized spacial score (nSPS) is 27.6. The lowest BCUT2D eigenvalue weighted by molar-refractivity contribution is -0.149. The Morgan fingerprint density at radius 3 is 2.73 bits per heavy atom. The average molecular weight is 358 g/mol. The van der Waals surface area contributed by atoms with Gasteiger partial charge < -0.3 is 20.2 Å². The summed E-state index contributed by atoms with van der Waals surface area (Å²) < 4.78 is 0. The number of fused-ring (bicyclic) bond motifs is 1. The van der Waals surface area contributed by atoms with Crippen LogP contribution in [0.1, 0.15) is 37.7 Å². The maximum absolute atomic E-state index is 12.5. The van der Waals surface area contributed by atoms with E-state index in [9.17, 15) is 14.7 Å². The molecule has 0 spiro atoms. The molecule has 2 aliphatic heterocycles. The third-order valence-corrected chi connectivity index (χ3v) is 6.27. The van der Waals surface area contributed by atoms with E-state index in [2.05, 4.69) is 15.2 Å². The number of likely N-dealkylation sites (tertiary alicyclic amines) is 1. The summed E-state index contributed by atoms with van der Waals surface area (Å²) >= 11 is 0. The second-order valence-electron chi connectivity index (χ2n) is 7.81. The fourth-order valence-corrected chi connectivity index (χ4v) is 4.74. The van der Waals surface area contributed by atoms with Gasteiger partial charge in [0.05, 0.1) is 5.41 Å². The summed E-state index contributed by atoms with van der Waals surface area (Å²) in [7, 11) is 0. The quantitative estimate of drug-likeness (QED) is 0.861. The average Bonchev–Trinajstić information content (AvgIpc) is 3.35. The van der Waals surface area contributed by atoms with Crippen molar-refractivity contribution < 1.29 is 14.7 Å². The number of carboxylic acid groups (broad SMARTS) is 1. The smallest absolute Gasteiger partial charge is 0.317 e. The zero-order chi connectivity index (χ0) is 18.1. The van der Waals surface area contributed by atoms with Gasteiger partial charge in [0.15, 0.2) is 0 Å². The first kappa shape index (κ1) is 17.1. The van der Waals surface area contributed by atoms with E-state index in [0.717, 1.165) is 37.3 Å². The van der Waals surface area contributed by atoms with E-state index in [1.165, 1.54) is 12.8 Å². The summed E-state index contributed by atoms with van der Waals surface area (Å²) in [4.78, 5) is 32.7. The molecule has 3 heterocycles. The van der Waals surface area contributed by atoms with Gasteiger partial charge in [-0.2, -0.15) is 0 Å². The first-order valence-corrected chi connectivity index (χ1v) is 9.54. The zero-order valence-corrected chi connectivity index (χ0v) is 15.0. The fraction of sp³-hybridized carbons (Fsp3) is 0.632. The maximum Gasteiger partial charge on any atom is 0.317 e. The number of hydrogen-bond acceptors (Lipinski definition) is 4. The minimum Gasteiger partial charge on any atom is -0.481 e. The molecule has 2 saturated heterocycles. The van der Waals surface area contributed by atoms with Gasteiger partial charge in [0.1, 0.15) is 5.82 Å². The van der Waals surface area contributed by atoms with Crippen molar-refractivity contribution in [1.29, 1.82) is 0 Å². The number of anilines is 1. The van der Waals surface area contributed by atoms with Crippen molar-refractivity contribution in [2.24, 2.45) is 11.3 Å². The largest absolute Gasteiger partial charge is 0.481 e.